The number of hydrogen-bond donors (Lipinski definition) is 3. The Balaban J connectivity index is 1.31. The van der Waals surface area contributed by atoms with Gasteiger partial charge in [0.05, 0.1) is 0 Å². The number of carbonyl (C=O) groups is 2. The van der Waals surface area contributed by atoms with Crippen molar-refractivity contribution in [3.8, 4) is 5.75 Å². The van der Waals surface area contributed by atoms with Crippen molar-refractivity contribution in [2.24, 2.45) is 5.92 Å². The Kier molecular flexibility index (Phi) is 5.58. The molecule has 3 N–H and O–H groups in total. The van der Waals surface area contributed by atoms with Gasteiger partial charge in [0.2, 0.25) is 0 Å². The molecule has 2 aliphatic heterocycles. The van der Waals surface area contributed by atoms with Crippen molar-refractivity contribution >= 4 is 17.5 Å². The molecule has 1 saturated heterocycles. The molecule has 2 atom stereocenters. The zero-order valence-electron chi connectivity index (χ0n) is 15.7. The van der Waals surface area contributed by atoms with E-state index in [9.17, 15) is 9.59 Å². The first kappa shape index (κ1) is 18.5. The fourth-order valence-corrected chi connectivity index (χ4v) is 3.74. The predicted octanol–water partition coefficient (Wildman–Crippen LogP) is 2.36. The Morgan fingerprint density at radius 1 is 1.14 bits per heavy atom. The second-order valence-electron chi connectivity index (χ2n) is 7.39. The monoisotopic (exact) mass is 379 g/mol. The normalized spacial score (nSPS) is 20.3. The van der Waals surface area contributed by atoms with E-state index in [1.807, 2.05) is 24.3 Å². The van der Waals surface area contributed by atoms with Gasteiger partial charge in [0.1, 0.15) is 5.75 Å². The Labute approximate surface area is 164 Å². The maximum absolute atomic E-state index is 12.5. The Morgan fingerprint density at radius 2 is 2.04 bits per heavy atom. The number of nitrogens with one attached hydrogen (secondary N) is 3. The van der Waals surface area contributed by atoms with Crippen LogP contribution in [-0.2, 0) is 11.2 Å². The smallest absolute Gasteiger partial charge is 0.265 e. The first-order chi connectivity index (χ1) is 13.7. The highest BCUT2D eigenvalue weighted by Gasteiger charge is 2.28. The van der Waals surface area contributed by atoms with Crippen molar-refractivity contribution in [1.82, 2.24) is 10.6 Å². The Hall–Kier alpha value is -2.86. The van der Waals surface area contributed by atoms with Crippen LogP contribution >= 0.6 is 0 Å². The van der Waals surface area contributed by atoms with Gasteiger partial charge >= 0.3 is 0 Å². The van der Waals surface area contributed by atoms with E-state index in [-0.39, 0.29) is 11.8 Å². The van der Waals surface area contributed by atoms with E-state index in [1.165, 1.54) is 6.42 Å². The van der Waals surface area contributed by atoms with Crippen LogP contribution in [0.3, 0.4) is 0 Å². The molecule has 28 heavy (non-hydrogen) atoms. The molecule has 6 heteroatoms. The Morgan fingerprint density at radius 3 is 2.86 bits per heavy atom. The van der Waals surface area contributed by atoms with Gasteiger partial charge in [0.25, 0.3) is 11.8 Å². The minimum absolute atomic E-state index is 0.119. The molecule has 0 radical (unpaired) electrons. The van der Waals surface area contributed by atoms with E-state index in [4.69, 9.17) is 4.74 Å². The molecule has 146 valence electrons. The number of hydrogen-bond acceptors (Lipinski definition) is 4. The topological polar surface area (TPSA) is 79.5 Å². The lowest BCUT2D eigenvalue weighted by molar-refractivity contribution is -0.122. The van der Waals surface area contributed by atoms with Crippen molar-refractivity contribution in [1.29, 1.82) is 0 Å². The highest BCUT2D eigenvalue weighted by Crippen LogP contribution is 2.28. The molecular formula is C22H25N3O3. The summed E-state index contributed by atoms with van der Waals surface area (Å²) >= 11 is 0. The summed E-state index contributed by atoms with van der Waals surface area (Å²) < 4.78 is 5.72. The Bertz CT molecular complexity index is 837. The van der Waals surface area contributed by atoms with E-state index in [2.05, 4.69) is 16.0 Å². The first-order valence-electron chi connectivity index (χ1n) is 9.83. The largest absolute Gasteiger partial charge is 0.480 e. The average molecular weight is 379 g/mol. The molecule has 0 aliphatic carbocycles. The number of carbonyl (C=O) groups excluding carboxylic acids is 2. The summed E-state index contributed by atoms with van der Waals surface area (Å²) in [5.74, 6) is 1.07. The fraction of sp³-hybridized carbons (Fsp3) is 0.364. The summed E-state index contributed by atoms with van der Waals surface area (Å²) in [6.07, 6.45) is 2.16. The van der Waals surface area contributed by atoms with Crippen LogP contribution in [0.25, 0.3) is 0 Å². The van der Waals surface area contributed by atoms with Crippen LogP contribution in [0.15, 0.2) is 48.5 Å². The molecule has 0 aromatic heterocycles. The zero-order chi connectivity index (χ0) is 19.3. The standard InChI is InChI=1S/C22H25N3O3/c26-21(24-11-9-15-8-10-23-14-15)17-5-3-6-18(12-17)25-22(27)20-13-16-4-1-2-7-19(16)28-20/h1-7,12,15,20,23H,8-11,13-14H2,(H,24,26)(H,25,27). The van der Waals surface area contributed by atoms with Gasteiger partial charge in [-0.25, -0.2) is 0 Å². The SMILES string of the molecule is O=C(NCCC1CCNC1)c1cccc(NC(=O)C2Cc3ccccc3O2)c1. The lowest BCUT2D eigenvalue weighted by Gasteiger charge is -2.13. The molecule has 2 unspecified atom stereocenters. The van der Waals surface area contributed by atoms with E-state index >= 15 is 0 Å². The quantitative estimate of drug-likeness (QED) is 0.720. The lowest BCUT2D eigenvalue weighted by Crippen LogP contribution is -2.31. The molecule has 0 spiro atoms. The number of amides is 2. The third kappa shape index (κ3) is 4.34. The molecule has 6 nitrogen and oxygen atoms in total. The molecule has 2 aromatic rings. The summed E-state index contributed by atoms with van der Waals surface area (Å²) in [5, 5.41) is 9.17. The minimum Gasteiger partial charge on any atom is -0.480 e. The van der Waals surface area contributed by atoms with Crippen molar-refractivity contribution in [3.05, 3.63) is 59.7 Å². The highest BCUT2D eigenvalue weighted by molar-refractivity contribution is 5.98. The van der Waals surface area contributed by atoms with Crippen molar-refractivity contribution in [2.45, 2.75) is 25.4 Å². The molecule has 4 rings (SSSR count). The van der Waals surface area contributed by atoms with Gasteiger partial charge in [-0.1, -0.05) is 24.3 Å². The number of benzene rings is 2. The minimum atomic E-state index is -0.546. The fourth-order valence-electron chi connectivity index (χ4n) is 3.74. The molecule has 2 amide bonds. The summed E-state index contributed by atoms with van der Waals surface area (Å²) in [5.41, 5.74) is 2.17. The van der Waals surface area contributed by atoms with Gasteiger partial charge in [-0.05, 0) is 61.7 Å². The molecule has 0 saturated carbocycles. The summed E-state index contributed by atoms with van der Waals surface area (Å²) in [7, 11) is 0. The van der Waals surface area contributed by atoms with Crippen molar-refractivity contribution in [2.75, 3.05) is 25.0 Å². The van der Waals surface area contributed by atoms with Crippen LogP contribution in [0.4, 0.5) is 5.69 Å². The number of rotatable bonds is 6. The van der Waals surface area contributed by atoms with E-state index in [1.54, 1.807) is 24.3 Å². The van der Waals surface area contributed by atoms with Gasteiger partial charge in [-0.15, -0.1) is 0 Å². The van der Waals surface area contributed by atoms with Crippen molar-refractivity contribution < 1.29 is 14.3 Å². The van der Waals surface area contributed by atoms with Gasteiger partial charge in [-0.2, -0.15) is 0 Å². The molecule has 2 aromatic carbocycles. The van der Waals surface area contributed by atoms with Crippen molar-refractivity contribution in [3.63, 3.8) is 0 Å². The second kappa shape index (κ2) is 8.44. The average Bonchev–Trinajstić information content (AvgIpc) is 3.37. The van der Waals surface area contributed by atoms with E-state index in [0.717, 1.165) is 30.8 Å². The number of ether oxygens (including phenoxy) is 1. The van der Waals surface area contributed by atoms with Crippen LogP contribution < -0.4 is 20.7 Å². The highest BCUT2D eigenvalue weighted by atomic mass is 16.5. The van der Waals surface area contributed by atoms with Crippen LogP contribution in [0, 0.1) is 5.92 Å². The third-order valence-electron chi connectivity index (χ3n) is 5.33. The molecule has 2 heterocycles. The van der Waals surface area contributed by atoms with Gasteiger partial charge in [-0.3, -0.25) is 9.59 Å². The first-order valence-corrected chi connectivity index (χ1v) is 9.83. The molecular weight excluding hydrogens is 354 g/mol. The predicted molar refractivity (Wildman–Crippen MR) is 108 cm³/mol. The maximum Gasteiger partial charge on any atom is 0.265 e. The number of anilines is 1. The summed E-state index contributed by atoms with van der Waals surface area (Å²) in [6.45, 7) is 2.76. The second-order valence-corrected chi connectivity index (χ2v) is 7.39. The summed E-state index contributed by atoms with van der Waals surface area (Å²) in [4.78, 5) is 24.9. The lowest BCUT2D eigenvalue weighted by atomic mass is 10.1. The van der Waals surface area contributed by atoms with Crippen LogP contribution in [0.2, 0.25) is 0 Å². The van der Waals surface area contributed by atoms with Gasteiger partial charge in [0, 0.05) is 24.2 Å². The van der Waals surface area contributed by atoms with Crippen LogP contribution in [0.5, 0.6) is 5.75 Å². The van der Waals surface area contributed by atoms with Gasteiger partial charge < -0.3 is 20.7 Å². The third-order valence-corrected chi connectivity index (χ3v) is 5.33. The molecule has 0 bridgehead atoms. The maximum atomic E-state index is 12.5. The summed E-state index contributed by atoms with van der Waals surface area (Å²) in [6, 6.07) is 14.7. The number of fused-ring (bicyclic) bond motifs is 1. The van der Waals surface area contributed by atoms with E-state index < -0.39 is 6.10 Å². The molecule has 2 aliphatic rings. The van der Waals surface area contributed by atoms with E-state index in [0.29, 0.717) is 30.1 Å². The van der Waals surface area contributed by atoms with Crippen LogP contribution in [-0.4, -0.2) is 37.6 Å². The van der Waals surface area contributed by atoms with Crippen LogP contribution in [0.1, 0.15) is 28.8 Å². The number of para-hydroxylation sites is 1. The zero-order valence-corrected chi connectivity index (χ0v) is 15.7. The van der Waals surface area contributed by atoms with Gasteiger partial charge in [0.15, 0.2) is 6.10 Å². The molecule has 1 fully saturated rings.